The van der Waals surface area contributed by atoms with Crippen LogP contribution in [0.1, 0.15) is 12.8 Å². The van der Waals surface area contributed by atoms with E-state index in [-0.39, 0.29) is 6.10 Å². The van der Waals surface area contributed by atoms with Crippen molar-refractivity contribution < 1.29 is 5.11 Å². The van der Waals surface area contributed by atoms with Gasteiger partial charge in [-0.2, -0.15) is 15.9 Å². The topological polar surface area (TPSA) is 66.5 Å². The summed E-state index contributed by atoms with van der Waals surface area (Å²) in [6.45, 7) is 0.596. The molecule has 1 atom stereocenters. The summed E-state index contributed by atoms with van der Waals surface area (Å²) in [5, 5.41) is 27.2. The molecular formula is C15H17N5OS. The number of thiophene rings is 1. The molecular weight excluding hydrogens is 298 g/mol. The van der Waals surface area contributed by atoms with Crippen LogP contribution in [0.15, 0.2) is 29.0 Å². The van der Waals surface area contributed by atoms with Gasteiger partial charge in [0, 0.05) is 24.5 Å². The number of likely N-dealkylation sites (N-methyl/N-ethyl adjacent to an activating group) is 1. The number of anilines is 1. The predicted octanol–water partition coefficient (Wildman–Crippen LogP) is 2.06. The van der Waals surface area contributed by atoms with Gasteiger partial charge in [-0.15, -0.1) is 15.3 Å². The minimum atomic E-state index is -0.278. The van der Waals surface area contributed by atoms with E-state index in [1.807, 2.05) is 40.9 Å². The SMILES string of the molecule is CN(CC(O)C1CC1)c1ccc2nnc(-c3ccsc3)n2n1. The van der Waals surface area contributed by atoms with Crippen molar-refractivity contribution in [3.63, 3.8) is 0 Å². The van der Waals surface area contributed by atoms with Crippen molar-refractivity contribution >= 4 is 22.8 Å². The minimum absolute atomic E-state index is 0.278. The Bertz CT molecular complexity index is 780. The average Bonchev–Trinajstić information content (AvgIpc) is 3.08. The second-order valence-electron chi connectivity index (χ2n) is 5.78. The van der Waals surface area contributed by atoms with Crippen LogP contribution in [0.2, 0.25) is 0 Å². The summed E-state index contributed by atoms with van der Waals surface area (Å²) in [7, 11) is 1.95. The van der Waals surface area contributed by atoms with E-state index < -0.39 is 0 Å². The molecule has 3 heterocycles. The molecule has 114 valence electrons. The Balaban J connectivity index is 1.65. The van der Waals surface area contributed by atoms with E-state index in [0.717, 1.165) is 35.7 Å². The molecule has 1 aliphatic rings. The third-order valence-electron chi connectivity index (χ3n) is 4.05. The molecule has 0 spiro atoms. The number of hydrogen-bond donors (Lipinski definition) is 1. The first-order valence-corrected chi connectivity index (χ1v) is 8.31. The fourth-order valence-corrected chi connectivity index (χ4v) is 3.19. The van der Waals surface area contributed by atoms with Crippen LogP contribution in [0.4, 0.5) is 5.82 Å². The van der Waals surface area contributed by atoms with Gasteiger partial charge >= 0.3 is 0 Å². The second-order valence-corrected chi connectivity index (χ2v) is 6.56. The molecule has 0 bridgehead atoms. The van der Waals surface area contributed by atoms with Crippen LogP contribution in [0, 0.1) is 5.92 Å². The highest BCUT2D eigenvalue weighted by Crippen LogP contribution is 2.33. The van der Waals surface area contributed by atoms with Crippen molar-refractivity contribution in [2.45, 2.75) is 18.9 Å². The number of hydrogen-bond acceptors (Lipinski definition) is 6. The highest BCUT2D eigenvalue weighted by Gasteiger charge is 2.30. The van der Waals surface area contributed by atoms with Crippen LogP contribution in [0.25, 0.3) is 17.0 Å². The van der Waals surface area contributed by atoms with Gasteiger partial charge in [-0.25, -0.2) is 0 Å². The second kappa shape index (κ2) is 5.33. The van der Waals surface area contributed by atoms with Crippen LogP contribution in [0.5, 0.6) is 0 Å². The Morgan fingerprint density at radius 2 is 2.23 bits per heavy atom. The van der Waals surface area contributed by atoms with Gasteiger partial charge in [0.2, 0.25) is 0 Å². The Kier molecular flexibility index (Phi) is 3.31. The predicted molar refractivity (Wildman–Crippen MR) is 86.1 cm³/mol. The van der Waals surface area contributed by atoms with E-state index in [1.54, 1.807) is 15.9 Å². The van der Waals surface area contributed by atoms with Crippen LogP contribution >= 0.6 is 11.3 Å². The van der Waals surface area contributed by atoms with Gasteiger partial charge in [0.1, 0.15) is 5.82 Å². The molecule has 0 aliphatic heterocycles. The van der Waals surface area contributed by atoms with Gasteiger partial charge in [0.25, 0.3) is 0 Å². The molecule has 4 rings (SSSR count). The first kappa shape index (κ1) is 13.7. The molecule has 0 amide bonds. The smallest absolute Gasteiger partial charge is 0.186 e. The molecule has 3 aromatic rings. The fourth-order valence-electron chi connectivity index (χ4n) is 2.56. The number of aromatic nitrogens is 4. The quantitative estimate of drug-likeness (QED) is 0.780. The zero-order valence-corrected chi connectivity index (χ0v) is 13.1. The molecule has 22 heavy (non-hydrogen) atoms. The lowest BCUT2D eigenvalue weighted by molar-refractivity contribution is 0.158. The van der Waals surface area contributed by atoms with Crippen molar-refractivity contribution in [3.8, 4) is 11.4 Å². The Morgan fingerprint density at radius 3 is 2.95 bits per heavy atom. The summed E-state index contributed by atoms with van der Waals surface area (Å²) >= 11 is 1.62. The summed E-state index contributed by atoms with van der Waals surface area (Å²) in [4.78, 5) is 1.99. The largest absolute Gasteiger partial charge is 0.391 e. The third kappa shape index (κ3) is 2.46. The van der Waals surface area contributed by atoms with Crippen LogP contribution in [0.3, 0.4) is 0 Å². The third-order valence-corrected chi connectivity index (χ3v) is 4.73. The maximum absolute atomic E-state index is 10.1. The standard InChI is InChI=1S/C15H17N5OS/c1-19(8-12(21)10-2-3-10)14-5-4-13-16-17-15(20(13)18-14)11-6-7-22-9-11/h4-7,9-10,12,21H,2-3,8H2,1H3. The zero-order chi connectivity index (χ0) is 15.1. The number of rotatable bonds is 5. The Labute approximate surface area is 132 Å². The summed E-state index contributed by atoms with van der Waals surface area (Å²) in [5.74, 6) is 2.01. The number of fused-ring (bicyclic) bond motifs is 1. The monoisotopic (exact) mass is 315 g/mol. The van der Waals surface area contributed by atoms with E-state index in [1.165, 1.54) is 0 Å². The molecule has 1 fully saturated rings. The lowest BCUT2D eigenvalue weighted by Crippen LogP contribution is -2.31. The number of aliphatic hydroxyl groups is 1. The van der Waals surface area contributed by atoms with Crippen LogP contribution < -0.4 is 4.90 Å². The summed E-state index contributed by atoms with van der Waals surface area (Å²) < 4.78 is 1.76. The van der Waals surface area contributed by atoms with Crippen molar-refractivity contribution in [1.82, 2.24) is 19.8 Å². The van der Waals surface area contributed by atoms with Gasteiger partial charge < -0.3 is 10.0 Å². The summed E-state index contributed by atoms with van der Waals surface area (Å²) in [6.07, 6.45) is 1.99. The molecule has 3 aromatic heterocycles. The normalized spacial score (nSPS) is 16.1. The molecule has 0 radical (unpaired) electrons. The highest BCUT2D eigenvalue weighted by atomic mass is 32.1. The molecule has 0 aromatic carbocycles. The zero-order valence-electron chi connectivity index (χ0n) is 12.3. The van der Waals surface area contributed by atoms with Gasteiger partial charge in [-0.3, -0.25) is 0 Å². The number of aliphatic hydroxyl groups excluding tert-OH is 1. The molecule has 1 unspecified atom stereocenters. The average molecular weight is 315 g/mol. The van der Waals surface area contributed by atoms with E-state index in [4.69, 9.17) is 0 Å². The van der Waals surface area contributed by atoms with E-state index in [2.05, 4.69) is 15.3 Å². The van der Waals surface area contributed by atoms with E-state index in [0.29, 0.717) is 12.5 Å². The van der Waals surface area contributed by atoms with Crippen molar-refractivity contribution in [1.29, 1.82) is 0 Å². The molecule has 1 aliphatic carbocycles. The molecule has 7 heteroatoms. The number of nitrogens with zero attached hydrogens (tertiary/aromatic N) is 5. The van der Waals surface area contributed by atoms with Crippen molar-refractivity contribution in [2.24, 2.45) is 5.92 Å². The lowest BCUT2D eigenvalue weighted by Gasteiger charge is -2.21. The summed E-state index contributed by atoms with van der Waals surface area (Å²) in [5.41, 5.74) is 1.74. The Hall–Kier alpha value is -1.99. The fraction of sp³-hybridized carbons (Fsp3) is 0.400. The van der Waals surface area contributed by atoms with E-state index in [9.17, 15) is 5.11 Å². The molecule has 6 nitrogen and oxygen atoms in total. The van der Waals surface area contributed by atoms with Crippen molar-refractivity contribution in [2.75, 3.05) is 18.5 Å². The first-order valence-electron chi connectivity index (χ1n) is 7.36. The van der Waals surface area contributed by atoms with Crippen LogP contribution in [-0.2, 0) is 0 Å². The maximum atomic E-state index is 10.1. The summed E-state index contributed by atoms with van der Waals surface area (Å²) in [6, 6.07) is 5.84. The molecule has 1 saturated carbocycles. The molecule has 1 N–H and O–H groups in total. The first-order chi connectivity index (χ1) is 10.7. The Morgan fingerprint density at radius 1 is 1.36 bits per heavy atom. The van der Waals surface area contributed by atoms with Gasteiger partial charge in [0.15, 0.2) is 11.5 Å². The maximum Gasteiger partial charge on any atom is 0.186 e. The van der Waals surface area contributed by atoms with Gasteiger partial charge in [-0.1, -0.05) is 0 Å². The van der Waals surface area contributed by atoms with E-state index >= 15 is 0 Å². The highest BCUT2D eigenvalue weighted by molar-refractivity contribution is 7.08. The molecule has 0 saturated heterocycles. The lowest BCUT2D eigenvalue weighted by atomic mass is 10.2. The van der Waals surface area contributed by atoms with Gasteiger partial charge in [0.05, 0.1) is 6.10 Å². The minimum Gasteiger partial charge on any atom is -0.391 e. The van der Waals surface area contributed by atoms with Gasteiger partial charge in [-0.05, 0) is 42.3 Å². The van der Waals surface area contributed by atoms with Crippen LogP contribution in [-0.4, -0.2) is 44.6 Å². The van der Waals surface area contributed by atoms with Crippen molar-refractivity contribution in [3.05, 3.63) is 29.0 Å².